The lowest BCUT2D eigenvalue weighted by Crippen LogP contribution is -2.38. The molecule has 0 fully saturated rings. The predicted molar refractivity (Wildman–Crippen MR) is 146 cm³/mol. The van der Waals surface area contributed by atoms with Crippen molar-refractivity contribution >= 4 is 23.3 Å². The molecule has 0 bridgehead atoms. The maximum atomic E-state index is 13.7. The number of esters is 2. The molecule has 0 saturated carbocycles. The maximum absolute atomic E-state index is 13.7. The van der Waals surface area contributed by atoms with E-state index in [4.69, 9.17) is 19.7 Å². The SMILES string of the molecule is CCCCCC1=C(C(=O)OCc2ccccc2)C(c2ccc([N+](=O)[O-])cc2)C(C(=O)OCCC#N)C(CC)=N1. The summed E-state index contributed by atoms with van der Waals surface area (Å²) >= 11 is 0. The highest BCUT2D eigenvalue weighted by Gasteiger charge is 2.44. The molecule has 204 valence electrons. The molecule has 0 aromatic heterocycles. The van der Waals surface area contributed by atoms with E-state index in [2.05, 4.69) is 6.92 Å². The Bertz CT molecular complexity index is 1260. The number of non-ortho nitro benzene ring substituents is 1. The molecule has 2 atom stereocenters. The zero-order valence-electron chi connectivity index (χ0n) is 22.3. The quantitative estimate of drug-likeness (QED) is 0.130. The van der Waals surface area contributed by atoms with Crippen molar-refractivity contribution in [3.63, 3.8) is 0 Å². The number of rotatable bonds is 13. The maximum Gasteiger partial charge on any atom is 0.336 e. The third-order valence-corrected chi connectivity index (χ3v) is 6.58. The number of hydrogen-bond acceptors (Lipinski definition) is 8. The third kappa shape index (κ3) is 7.60. The van der Waals surface area contributed by atoms with Crippen molar-refractivity contribution in [2.45, 2.75) is 64.9 Å². The molecule has 2 aromatic carbocycles. The van der Waals surface area contributed by atoms with Crippen molar-refractivity contribution in [3.8, 4) is 6.07 Å². The molecule has 0 amide bonds. The molecule has 0 saturated heterocycles. The molecule has 2 aromatic rings. The first-order chi connectivity index (χ1) is 18.9. The molecule has 9 nitrogen and oxygen atoms in total. The summed E-state index contributed by atoms with van der Waals surface area (Å²) < 4.78 is 11.2. The second-order valence-electron chi connectivity index (χ2n) is 9.22. The lowest BCUT2D eigenvalue weighted by molar-refractivity contribution is -0.384. The van der Waals surface area contributed by atoms with Crippen LogP contribution in [0.5, 0.6) is 0 Å². The lowest BCUT2D eigenvalue weighted by Gasteiger charge is -2.33. The molecule has 3 rings (SSSR count). The van der Waals surface area contributed by atoms with Gasteiger partial charge in [-0.3, -0.25) is 19.9 Å². The van der Waals surface area contributed by atoms with Gasteiger partial charge in [0.25, 0.3) is 5.69 Å². The lowest BCUT2D eigenvalue weighted by atomic mass is 9.74. The Hall–Kier alpha value is -4.32. The Kier molecular flexibility index (Phi) is 10.9. The first-order valence-electron chi connectivity index (χ1n) is 13.2. The largest absolute Gasteiger partial charge is 0.464 e. The van der Waals surface area contributed by atoms with Crippen LogP contribution >= 0.6 is 0 Å². The van der Waals surface area contributed by atoms with Gasteiger partial charge in [0.2, 0.25) is 0 Å². The zero-order chi connectivity index (χ0) is 28.2. The van der Waals surface area contributed by atoms with E-state index in [0.29, 0.717) is 29.8 Å². The van der Waals surface area contributed by atoms with E-state index in [9.17, 15) is 19.7 Å². The minimum absolute atomic E-state index is 0.0311. The van der Waals surface area contributed by atoms with Crippen LogP contribution in [0, 0.1) is 27.4 Å². The number of benzene rings is 2. The summed E-state index contributed by atoms with van der Waals surface area (Å²) in [6.07, 6.45) is 3.70. The summed E-state index contributed by atoms with van der Waals surface area (Å²) in [4.78, 5) is 42.8. The molecule has 0 spiro atoms. The van der Waals surface area contributed by atoms with Crippen LogP contribution in [-0.2, 0) is 25.7 Å². The van der Waals surface area contributed by atoms with Crippen molar-refractivity contribution in [1.82, 2.24) is 0 Å². The van der Waals surface area contributed by atoms with Gasteiger partial charge in [-0.05, 0) is 30.4 Å². The minimum atomic E-state index is -0.940. The van der Waals surface area contributed by atoms with Gasteiger partial charge in [-0.15, -0.1) is 0 Å². The average molecular weight is 532 g/mol. The molecular formula is C30H33N3O6. The molecule has 1 aliphatic heterocycles. The first kappa shape index (κ1) is 29.2. The van der Waals surface area contributed by atoms with Crippen LogP contribution in [0.2, 0.25) is 0 Å². The molecule has 2 unspecified atom stereocenters. The number of carbonyl (C=O) groups excluding carboxylic acids is 2. The number of nitro groups is 1. The zero-order valence-corrected chi connectivity index (χ0v) is 22.3. The van der Waals surface area contributed by atoms with E-state index in [0.717, 1.165) is 24.8 Å². The fourth-order valence-electron chi connectivity index (χ4n) is 4.64. The van der Waals surface area contributed by atoms with Gasteiger partial charge >= 0.3 is 11.9 Å². The van der Waals surface area contributed by atoms with Crippen molar-refractivity contribution in [3.05, 3.63) is 87.1 Å². The molecule has 9 heteroatoms. The Morgan fingerprint density at radius 1 is 1.05 bits per heavy atom. The van der Waals surface area contributed by atoms with Gasteiger partial charge in [0.1, 0.15) is 19.1 Å². The summed E-state index contributed by atoms with van der Waals surface area (Å²) in [5.74, 6) is -2.95. The number of nitro benzene ring substituents is 1. The Balaban J connectivity index is 2.12. The van der Waals surface area contributed by atoms with E-state index in [-0.39, 0.29) is 30.9 Å². The van der Waals surface area contributed by atoms with Crippen LogP contribution < -0.4 is 0 Å². The Labute approximate surface area is 228 Å². The summed E-state index contributed by atoms with van der Waals surface area (Å²) in [7, 11) is 0. The fourth-order valence-corrected chi connectivity index (χ4v) is 4.64. The average Bonchev–Trinajstić information content (AvgIpc) is 2.96. The smallest absolute Gasteiger partial charge is 0.336 e. The monoisotopic (exact) mass is 531 g/mol. The standard InChI is InChI=1S/C30H33N3O6/c1-3-5-7-13-25-28(30(35)39-20-21-11-8-6-9-12-21)26(22-14-16-23(17-15-22)33(36)37)27(24(4-2)32-25)29(34)38-19-10-18-31/h6,8-9,11-12,14-17,26-27H,3-5,7,10,13,19-20H2,1-2H3. The highest BCUT2D eigenvalue weighted by Crippen LogP contribution is 2.42. The van der Waals surface area contributed by atoms with Crippen LogP contribution in [0.15, 0.2) is 70.9 Å². The number of unbranched alkanes of at least 4 members (excludes halogenated alkanes) is 2. The molecule has 0 radical (unpaired) electrons. The van der Waals surface area contributed by atoms with Gasteiger partial charge in [-0.2, -0.15) is 5.26 Å². The van der Waals surface area contributed by atoms with Gasteiger partial charge < -0.3 is 9.47 Å². The molecular weight excluding hydrogens is 498 g/mol. The van der Waals surface area contributed by atoms with Crippen molar-refractivity contribution < 1.29 is 24.0 Å². The second-order valence-corrected chi connectivity index (χ2v) is 9.22. The molecule has 39 heavy (non-hydrogen) atoms. The molecule has 1 aliphatic rings. The van der Waals surface area contributed by atoms with E-state index in [1.807, 2.05) is 43.3 Å². The van der Waals surface area contributed by atoms with Gasteiger partial charge in [0.05, 0.1) is 28.7 Å². The summed E-state index contributed by atoms with van der Waals surface area (Å²) in [5.41, 5.74) is 2.63. The third-order valence-electron chi connectivity index (χ3n) is 6.58. The highest BCUT2D eigenvalue weighted by atomic mass is 16.6. The van der Waals surface area contributed by atoms with Crippen LogP contribution in [0.4, 0.5) is 5.69 Å². The fraction of sp³-hybridized carbons (Fsp3) is 0.400. The first-order valence-corrected chi connectivity index (χ1v) is 13.2. The van der Waals surface area contributed by atoms with Crippen LogP contribution in [0.3, 0.4) is 0 Å². The number of carbonyl (C=O) groups is 2. The van der Waals surface area contributed by atoms with E-state index < -0.39 is 28.7 Å². The number of nitriles is 1. The van der Waals surface area contributed by atoms with Crippen molar-refractivity contribution in [2.75, 3.05) is 6.61 Å². The predicted octanol–water partition coefficient (Wildman–Crippen LogP) is 6.19. The van der Waals surface area contributed by atoms with Crippen LogP contribution in [0.25, 0.3) is 0 Å². The van der Waals surface area contributed by atoms with Gasteiger partial charge in [-0.25, -0.2) is 4.79 Å². The Morgan fingerprint density at radius 2 is 1.77 bits per heavy atom. The van der Waals surface area contributed by atoms with E-state index in [1.165, 1.54) is 12.1 Å². The molecule has 0 aliphatic carbocycles. The summed E-state index contributed by atoms with van der Waals surface area (Å²) in [5, 5.41) is 20.2. The van der Waals surface area contributed by atoms with E-state index >= 15 is 0 Å². The highest BCUT2D eigenvalue weighted by molar-refractivity contribution is 6.08. The summed E-state index contributed by atoms with van der Waals surface area (Å²) in [6, 6.07) is 17.1. The number of nitrogens with zero attached hydrogens (tertiary/aromatic N) is 3. The number of aliphatic imine (C=N–C) groups is 1. The minimum Gasteiger partial charge on any atom is -0.464 e. The van der Waals surface area contributed by atoms with Crippen molar-refractivity contribution in [2.24, 2.45) is 10.9 Å². The topological polar surface area (TPSA) is 132 Å². The number of ether oxygens (including phenoxy) is 2. The Morgan fingerprint density at radius 3 is 2.38 bits per heavy atom. The van der Waals surface area contributed by atoms with Crippen LogP contribution in [-0.4, -0.2) is 29.2 Å². The van der Waals surface area contributed by atoms with Crippen LogP contribution in [0.1, 0.15) is 69.4 Å². The normalized spacial score (nSPS) is 16.7. The summed E-state index contributed by atoms with van der Waals surface area (Å²) in [6.45, 7) is 3.92. The molecule has 0 N–H and O–H groups in total. The van der Waals surface area contributed by atoms with E-state index in [1.54, 1.807) is 12.1 Å². The van der Waals surface area contributed by atoms with Crippen molar-refractivity contribution in [1.29, 1.82) is 5.26 Å². The number of allylic oxidation sites excluding steroid dienone is 1. The number of hydrogen-bond donors (Lipinski definition) is 0. The van der Waals surface area contributed by atoms with Gasteiger partial charge in [0, 0.05) is 23.8 Å². The second kappa shape index (κ2) is 14.6. The molecule has 1 heterocycles. The van der Waals surface area contributed by atoms with Gasteiger partial charge in [-0.1, -0.05) is 69.2 Å². The van der Waals surface area contributed by atoms with Gasteiger partial charge in [0.15, 0.2) is 0 Å².